The Labute approximate surface area is 151 Å². The van der Waals surface area contributed by atoms with E-state index in [2.05, 4.69) is 20.8 Å². The fourth-order valence-electron chi connectivity index (χ4n) is 2.37. The highest BCUT2D eigenvalue weighted by atomic mass is 32.2. The molecule has 0 aliphatic carbocycles. The van der Waals surface area contributed by atoms with Gasteiger partial charge in [0.25, 0.3) is 5.91 Å². The number of hydrogen-bond acceptors (Lipinski definition) is 5. The van der Waals surface area contributed by atoms with E-state index in [1.165, 1.54) is 11.8 Å². The summed E-state index contributed by atoms with van der Waals surface area (Å²) in [6.45, 7) is 5.78. The van der Waals surface area contributed by atoms with Crippen LogP contribution >= 0.6 is 11.8 Å². The lowest BCUT2D eigenvalue weighted by Gasteiger charge is -2.11. The number of hydrogen-bond donors (Lipinski definition) is 2. The topological polar surface area (TPSA) is 84.0 Å². The molecule has 0 unspecified atom stereocenters. The molecule has 0 aliphatic rings. The number of aromatic nitrogens is 2. The maximum Gasteiger partial charge on any atom is 0.269 e. The molecule has 1 aromatic carbocycles. The third-order valence-corrected chi connectivity index (χ3v) is 4.36. The van der Waals surface area contributed by atoms with E-state index in [1.807, 2.05) is 39.2 Å². The standard InChI is InChI=1S/C18H22N4O2S/c1-11-5-7-14(8-6-11)17(24)22-21-16(23)10-9-15-12(2)19-18(25-4)20-13(15)3/h5-8H,9-10H2,1-4H3,(H,21,23)(H,22,24). The predicted octanol–water partition coefficient (Wildman–Crippen LogP) is 2.52. The highest BCUT2D eigenvalue weighted by Crippen LogP contribution is 2.17. The van der Waals surface area contributed by atoms with E-state index in [-0.39, 0.29) is 18.2 Å². The average Bonchev–Trinajstić information content (AvgIpc) is 2.59. The molecular formula is C18H22N4O2S. The minimum Gasteiger partial charge on any atom is -0.273 e. The molecule has 132 valence electrons. The minimum absolute atomic E-state index is 0.248. The first-order valence-corrected chi connectivity index (χ1v) is 9.17. The van der Waals surface area contributed by atoms with Crippen LogP contribution < -0.4 is 10.9 Å². The van der Waals surface area contributed by atoms with Gasteiger partial charge in [0.1, 0.15) is 0 Å². The van der Waals surface area contributed by atoms with Gasteiger partial charge in [-0.1, -0.05) is 29.5 Å². The number of rotatable bonds is 5. The molecule has 1 aromatic heterocycles. The Bertz CT molecular complexity index is 752. The quantitative estimate of drug-likeness (QED) is 0.487. The van der Waals surface area contributed by atoms with Crippen molar-refractivity contribution >= 4 is 23.6 Å². The molecule has 0 atom stereocenters. The van der Waals surface area contributed by atoms with Crippen LogP contribution in [-0.2, 0) is 11.2 Å². The first-order chi connectivity index (χ1) is 11.9. The fourth-order valence-corrected chi connectivity index (χ4v) is 2.82. The van der Waals surface area contributed by atoms with Gasteiger partial charge < -0.3 is 0 Å². The molecule has 2 rings (SSSR count). The lowest BCUT2D eigenvalue weighted by Crippen LogP contribution is -2.41. The summed E-state index contributed by atoms with van der Waals surface area (Å²) in [5.41, 5.74) is 9.18. The Morgan fingerprint density at radius 2 is 1.60 bits per heavy atom. The molecule has 0 spiro atoms. The lowest BCUT2D eigenvalue weighted by atomic mass is 10.1. The SMILES string of the molecule is CSc1nc(C)c(CCC(=O)NNC(=O)c2ccc(C)cc2)c(C)n1. The Morgan fingerprint density at radius 3 is 2.16 bits per heavy atom. The zero-order valence-corrected chi connectivity index (χ0v) is 15.7. The van der Waals surface area contributed by atoms with Gasteiger partial charge in [0.05, 0.1) is 0 Å². The van der Waals surface area contributed by atoms with Crippen LogP contribution in [0.15, 0.2) is 29.4 Å². The Morgan fingerprint density at radius 1 is 1.00 bits per heavy atom. The summed E-state index contributed by atoms with van der Waals surface area (Å²) >= 11 is 1.49. The number of carbonyl (C=O) groups excluding carboxylic acids is 2. The van der Waals surface area contributed by atoms with Crippen LogP contribution in [0.3, 0.4) is 0 Å². The summed E-state index contributed by atoms with van der Waals surface area (Å²) in [7, 11) is 0. The second-order valence-corrected chi connectivity index (χ2v) is 6.50. The van der Waals surface area contributed by atoms with Crippen LogP contribution in [0.2, 0.25) is 0 Å². The number of amides is 2. The summed E-state index contributed by atoms with van der Waals surface area (Å²) in [6, 6.07) is 7.13. The van der Waals surface area contributed by atoms with Crippen LogP contribution in [0.4, 0.5) is 0 Å². The largest absolute Gasteiger partial charge is 0.273 e. The fraction of sp³-hybridized carbons (Fsp3) is 0.333. The molecular weight excluding hydrogens is 336 g/mol. The first-order valence-electron chi connectivity index (χ1n) is 7.94. The molecule has 0 aliphatic heterocycles. The highest BCUT2D eigenvalue weighted by molar-refractivity contribution is 7.98. The maximum atomic E-state index is 12.0. The Kier molecular flexibility index (Phi) is 6.52. The van der Waals surface area contributed by atoms with Crippen LogP contribution in [0.25, 0.3) is 0 Å². The van der Waals surface area contributed by atoms with Crippen molar-refractivity contribution in [2.45, 2.75) is 38.8 Å². The molecule has 1 heterocycles. The lowest BCUT2D eigenvalue weighted by molar-refractivity contribution is -0.121. The summed E-state index contributed by atoms with van der Waals surface area (Å²) in [5, 5.41) is 0.730. The maximum absolute atomic E-state index is 12.0. The smallest absolute Gasteiger partial charge is 0.269 e. The molecule has 2 aromatic rings. The molecule has 25 heavy (non-hydrogen) atoms. The molecule has 6 nitrogen and oxygen atoms in total. The molecule has 2 amide bonds. The van der Waals surface area contributed by atoms with Gasteiger partial charge in [-0.25, -0.2) is 9.97 Å². The number of nitrogens with one attached hydrogen (secondary N) is 2. The van der Waals surface area contributed by atoms with Crippen molar-refractivity contribution in [3.8, 4) is 0 Å². The molecule has 0 saturated carbocycles. The monoisotopic (exact) mass is 358 g/mol. The van der Waals surface area contributed by atoms with Crippen LogP contribution in [0, 0.1) is 20.8 Å². The summed E-state index contributed by atoms with van der Waals surface area (Å²) in [6.07, 6.45) is 2.70. The third-order valence-electron chi connectivity index (χ3n) is 3.81. The van der Waals surface area contributed by atoms with Crippen molar-refractivity contribution < 1.29 is 9.59 Å². The molecule has 0 saturated heterocycles. The zero-order chi connectivity index (χ0) is 18.4. The minimum atomic E-state index is -0.339. The van der Waals surface area contributed by atoms with E-state index in [0.717, 1.165) is 27.7 Å². The second-order valence-electron chi connectivity index (χ2n) is 5.73. The molecule has 0 bridgehead atoms. The van der Waals surface area contributed by atoms with Gasteiger partial charge in [-0.3, -0.25) is 20.4 Å². The molecule has 7 heteroatoms. The van der Waals surface area contributed by atoms with E-state index in [0.29, 0.717) is 12.0 Å². The van der Waals surface area contributed by atoms with E-state index in [9.17, 15) is 9.59 Å². The summed E-state index contributed by atoms with van der Waals surface area (Å²) in [4.78, 5) is 32.8. The summed E-state index contributed by atoms with van der Waals surface area (Å²) in [5.74, 6) is -0.596. The van der Waals surface area contributed by atoms with Crippen molar-refractivity contribution in [1.82, 2.24) is 20.8 Å². The van der Waals surface area contributed by atoms with Gasteiger partial charge >= 0.3 is 0 Å². The van der Waals surface area contributed by atoms with Gasteiger partial charge in [-0.2, -0.15) is 0 Å². The number of aryl methyl sites for hydroxylation is 3. The number of nitrogens with zero attached hydrogens (tertiary/aromatic N) is 2. The number of benzene rings is 1. The van der Waals surface area contributed by atoms with Crippen LogP contribution in [0.1, 0.15) is 39.3 Å². The van der Waals surface area contributed by atoms with Crippen molar-refractivity contribution in [1.29, 1.82) is 0 Å². The van der Waals surface area contributed by atoms with Gasteiger partial charge in [-0.15, -0.1) is 0 Å². The Balaban J connectivity index is 1.87. The number of thioether (sulfide) groups is 1. The van der Waals surface area contributed by atoms with Gasteiger partial charge in [0, 0.05) is 23.4 Å². The molecule has 0 radical (unpaired) electrons. The van der Waals surface area contributed by atoms with E-state index in [1.54, 1.807) is 12.1 Å². The third kappa shape index (κ3) is 5.29. The number of carbonyl (C=O) groups is 2. The van der Waals surface area contributed by atoms with Gasteiger partial charge in [0.15, 0.2) is 5.16 Å². The second kappa shape index (κ2) is 8.62. The summed E-state index contributed by atoms with van der Waals surface area (Å²) < 4.78 is 0. The zero-order valence-electron chi connectivity index (χ0n) is 14.8. The van der Waals surface area contributed by atoms with E-state index < -0.39 is 0 Å². The van der Waals surface area contributed by atoms with Crippen LogP contribution in [-0.4, -0.2) is 28.0 Å². The Hall–Kier alpha value is -2.41. The van der Waals surface area contributed by atoms with Crippen molar-refractivity contribution in [3.63, 3.8) is 0 Å². The average molecular weight is 358 g/mol. The van der Waals surface area contributed by atoms with Crippen molar-refractivity contribution in [3.05, 3.63) is 52.3 Å². The van der Waals surface area contributed by atoms with Crippen LogP contribution in [0.5, 0.6) is 0 Å². The van der Waals surface area contributed by atoms with Crippen molar-refractivity contribution in [2.75, 3.05) is 6.26 Å². The normalized spacial score (nSPS) is 10.4. The van der Waals surface area contributed by atoms with Gasteiger partial charge in [0.2, 0.25) is 5.91 Å². The van der Waals surface area contributed by atoms with E-state index in [4.69, 9.17) is 0 Å². The molecule has 0 fully saturated rings. The van der Waals surface area contributed by atoms with Crippen molar-refractivity contribution in [2.24, 2.45) is 0 Å². The predicted molar refractivity (Wildman–Crippen MR) is 98.4 cm³/mol. The van der Waals surface area contributed by atoms with E-state index >= 15 is 0 Å². The molecule has 2 N–H and O–H groups in total. The first kappa shape index (κ1) is 18.9. The highest BCUT2D eigenvalue weighted by Gasteiger charge is 2.11. The van der Waals surface area contributed by atoms with Gasteiger partial charge in [-0.05, 0) is 51.1 Å². The number of hydrazine groups is 1.